The number of likely N-dealkylation sites (tertiary alicyclic amines) is 1. The predicted octanol–water partition coefficient (Wildman–Crippen LogP) is 2.64. The summed E-state index contributed by atoms with van der Waals surface area (Å²) in [7, 11) is 3.19. The van der Waals surface area contributed by atoms with Crippen LogP contribution in [0.4, 0.5) is 0 Å². The summed E-state index contributed by atoms with van der Waals surface area (Å²) >= 11 is 0. The molecule has 3 atom stereocenters. The molecule has 1 aromatic carbocycles. The Morgan fingerprint density at radius 2 is 1.96 bits per heavy atom. The van der Waals surface area contributed by atoms with Crippen molar-refractivity contribution in [2.75, 3.05) is 33.8 Å². The van der Waals surface area contributed by atoms with Gasteiger partial charge in [0, 0.05) is 24.5 Å². The number of benzene rings is 1. The molecule has 1 N–H and O–H groups in total. The third-order valence-corrected chi connectivity index (χ3v) is 4.91. The highest BCUT2D eigenvalue weighted by molar-refractivity contribution is 5.42. The van der Waals surface area contributed by atoms with E-state index in [9.17, 15) is 5.11 Å². The van der Waals surface area contributed by atoms with Crippen molar-refractivity contribution in [2.24, 2.45) is 0 Å². The van der Waals surface area contributed by atoms with Gasteiger partial charge in [0.15, 0.2) is 11.5 Å². The number of aliphatic hydroxyl groups is 1. The van der Waals surface area contributed by atoms with Crippen molar-refractivity contribution in [3.05, 3.63) is 23.8 Å². The summed E-state index contributed by atoms with van der Waals surface area (Å²) < 4.78 is 49.7. The van der Waals surface area contributed by atoms with Crippen molar-refractivity contribution in [3.63, 3.8) is 0 Å². The molecule has 2 aliphatic rings. The molecule has 0 bridgehead atoms. The van der Waals surface area contributed by atoms with Crippen LogP contribution in [0.2, 0.25) is 0 Å². The third kappa shape index (κ3) is 4.66. The van der Waals surface area contributed by atoms with Crippen LogP contribution in [0.5, 0.6) is 11.5 Å². The molecule has 25 heavy (non-hydrogen) atoms. The van der Waals surface area contributed by atoms with Gasteiger partial charge in [0.25, 0.3) is 0 Å². The zero-order chi connectivity index (χ0) is 21.2. The number of hydrogen-bond acceptors (Lipinski definition) is 5. The minimum absolute atomic E-state index is 0.227. The molecule has 3 rings (SSSR count). The molecule has 1 saturated carbocycles. The fourth-order valence-corrected chi connectivity index (χ4v) is 3.58. The first-order valence-corrected chi connectivity index (χ1v) is 9.00. The Labute approximate surface area is 156 Å². The van der Waals surface area contributed by atoms with E-state index in [2.05, 4.69) is 0 Å². The zero-order valence-electron chi connectivity index (χ0n) is 19.0. The molecule has 0 aromatic heterocycles. The normalized spacial score (nSPS) is 33.8. The molecule has 1 heterocycles. The summed E-state index contributed by atoms with van der Waals surface area (Å²) in [6, 6.07) is 5.33. The second kappa shape index (κ2) is 8.88. The maximum Gasteiger partial charge on any atom is 0.160 e. The summed E-state index contributed by atoms with van der Waals surface area (Å²) in [5.41, 5.74) is 1.04. The summed E-state index contributed by atoms with van der Waals surface area (Å²) in [4.78, 5) is 1.23. The maximum atomic E-state index is 10.1. The molecule has 0 spiro atoms. The van der Waals surface area contributed by atoms with Gasteiger partial charge in [0.1, 0.15) is 0 Å². The third-order valence-electron chi connectivity index (χ3n) is 4.91. The zero-order valence-corrected chi connectivity index (χ0v) is 15.0. The molecular formula is C20H31NO4. The quantitative estimate of drug-likeness (QED) is 0.817. The van der Waals surface area contributed by atoms with Gasteiger partial charge in [-0.05, 0) is 43.4 Å². The van der Waals surface area contributed by atoms with Gasteiger partial charge in [0.2, 0.25) is 0 Å². The van der Waals surface area contributed by atoms with Crippen LogP contribution < -0.4 is 9.47 Å². The lowest BCUT2D eigenvalue weighted by Crippen LogP contribution is -2.46. The molecule has 0 unspecified atom stereocenters. The highest BCUT2D eigenvalue weighted by atomic mass is 16.5. The summed E-state index contributed by atoms with van der Waals surface area (Å²) in [6.45, 7) is -3.55. The Morgan fingerprint density at radius 1 is 1.16 bits per heavy atom. The van der Waals surface area contributed by atoms with E-state index in [0.29, 0.717) is 30.9 Å². The summed E-state index contributed by atoms with van der Waals surface area (Å²) in [6.07, 6.45) is 2.12. The first-order valence-electron chi connectivity index (χ1n) is 11.0. The molecule has 140 valence electrons. The van der Waals surface area contributed by atoms with Gasteiger partial charge in [-0.15, -0.1) is 0 Å². The Morgan fingerprint density at radius 3 is 2.68 bits per heavy atom. The molecule has 0 amide bonds. The number of rotatable bonds is 7. The topological polar surface area (TPSA) is 51.2 Å². The van der Waals surface area contributed by atoms with E-state index >= 15 is 0 Å². The van der Waals surface area contributed by atoms with Crippen molar-refractivity contribution in [1.29, 1.82) is 0 Å². The van der Waals surface area contributed by atoms with Gasteiger partial charge in [-0.1, -0.05) is 18.9 Å². The van der Waals surface area contributed by atoms with Gasteiger partial charge in [-0.3, -0.25) is 4.90 Å². The van der Waals surface area contributed by atoms with Gasteiger partial charge >= 0.3 is 0 Å². The second-order valence-electron chi connectivity index (χ2n) is 6.58. The van der Waals surface area contributed by atoms with E-state index in [1.165, 1.54) is 4.90 Å². The first kappa shape index (κ1) is 13.8. The van der Waals surface area contributed by atoms with Crippen molar-refractivity contribution < 1.29 is 24.8 Å². The van der Waals surface area contributed by atoms with E-state index < -0.39 is 25.1 Å². The van der Waals surface area contributed by atoms with E-state index in [4.69, 9.17) is 19.7 Å². The number of aliphatic hydroxyl groups excluding tert-OH is 1. The van der Waals surface area contributed by atoms with Gasteiger partial charge in [-0.2, -0.15) is 0 Å². The summed E-state index contributed by atoms with van der Waals surface area (Å²) in [5.74, 6) is 1.33. The minimum atomic E-state index is -2.10. The lowest BCUT2D eigenvalue weighted by atomic mass is 9.91. The average Bonchev–Trinajstić information content (AvgIpc) is 2.84. The molecule has 0 radical (unpaired) electrons. The second-order valence-corrected chi connectivity index (χ2v) is 6.58. The fourth-order valence-electron chi connectivity index (χ4n) is 3.58. The SMILES string of the molecule is [2H]C1([2H])C[C@@H](O)C([2H])([2H])N1[C@@H]1CCCC[C@H]1OCCc1ccc(OC)c(OC)c1. The highest BCUT2D eigenvalue weighted by Crippen LogP contribution is 2.30. The smallest absolute Gasteiger partial charge is 0.160 e. The molecule has 1 saturated heterocycles. The molecule has 5 heteroatoms. The van der Waals surface area contributed by atoms with Crippen LogP contribution in [-0.4, -0.2) is 62.1 Å². The number of ether oxygens (including phenoxy) is 3. The first-order chi connectivity index (χ1) is 13.7. The number of hydrogen-bond donors (Lipinski definition) is 1. The average molecular weight is 353 g/mol. The minimum Gasteiger partial charge on any atom is -0.493 e. The van der Waals surface area contributed by atoms with Crippen LogP contribution >= 0.6 is 0 Å². The molecule has 1 aromatic rings. The molecular weight excluding hydrogens is 318 g/mol. The van der Waals surface area contributed by atoms with Crippen LogP contribution in [0.1, 0.15) is 43.2 Å². The van der Waals surface area contributed by atoms with Crippen molar-refractivity contribution in [2.45, 2.75) is 56.8 Å². The molecule has 2 fully saturated rings. The van der Waals surface area contributed by atoms with Gasteiger partial charge < -0.3 is 19.3 Å². The van der Waals surface area contributed by atoms with Crippen LogP contribution in [0.25, 0.3) is 0 Å². The van der Waals surface area contributed by atoms with E-state index in [1.54, 1.807) is 14.2 Å². The molecule has 5 nitrogen and oxygen atoms in total. The summed E-state index contributed by atoms with van der Waals surface area (Å²) in [5, 5.41) is 10.1. The Bertz CT molecular complexity index is 703. The maximum absolute atomic E-state index is 10.1. The lowest BCUT2D eigenvalue weighted by molar-refractivity contribution is -0.0316. The van der Waals surface area contributed by atoms with Crippen molar-refractivity contribution in [3.8, 4) is 11.5 Å². The van der Waals surface area contributed by atoms with Crippen LogP contribution in [0.15, 0.2) is 18.2 Å². The molecule has 1 aliphatic carbocycles. The largest absolute Gasteiger partial charge is 0.493 e. The number of methoxy groups -OCH3 is 2. The Hall–Kier alpha value is -1.30. The molecule has 1 aliphatic heterocycles. The van der Waals surface area contributed by atoms with Gasteiger partial charge in [-0.25, -0.2) is 0 Å². The predicted molar refractivity (Wildman–Crippen MR) is 97.4 cm³/mol. The standard InChI is InChI=1S/C20H31NO4/c1-23-19-8-7-15(13-20(19)24-2)10-12-25-18-6-4-3-5-17(18)21-11-9-16(22)14-21/h7-8,13,16-18,22H,3-6,9-12,14H2,1-2H3/t16-,17-,18-/m1/s1/i11D2,14D2. The number of β-amino-alcohol motifs (C(OH)–C–C–N with tert-alkyl or cyclic N) is 1. The van der Waals surface area contributed by atoms with Crippen molar-refractivity contribution in [1.82, 2.24) is 4.90 Å². The number of nitrogens with zero attached hydrogens (tertiary/aromatic N) is 1. The van der Waals surface area contributed by atoms with Crippen molar-refractivity contribution >= 4 is 0 Å². The van der Waals surface area contributed by atoms with Crippen LogP contribution in [-0.2, 0) is 11.2 Å². The van der Waals surface area contributed by atoms with E-state index in [-0.39, 0.29) is 12.5 Å². The van der Waals surface area contributed by atoms with Crippen LogP contribution in [0.3, 0.4) is 0 Å². The van der Waals surface area contributed by atoms with Crippen LogP contribution in [0, 0.1) is 0 Å². The van der Waals surface area contributed by atoms with Gasteiger partial charge in [0.05, 0.1) is 33.0 Å². The van der Waals surface area contributed by atoms with E-state index in [1.807, 2.05) is 18.2 Å². The Balaban J connectivity index is 1.67. The fraction of sp³-hybridized carbons (Fsp3) is 0.700. The monoisotopic (exact) mass is 353 g/mol. The Kier molecular flexibility index (Phi) is 4.92. The van der Waals surface area contributed by atoms with E-state index in [0.717, 1.165) is 24.8 Å². The highest BCUT2D eigenvalue weighted by Gasteiger charge is 2.34. The lowest BCUT2D eigenvalue weighted by Gasteiger charge is -2.37.